The summed E-state index contributed by atoms with van der Waals surface area (Å²) in [5.74, 6) is 0.160. The Morgan fingerprint density at radius 3 is 3.30 bits per heavy atom. The number of carbonyl (C=O) groups is 1. The zero-order chi connectivity index (χ0) is 13.9. The Balaban J connectivity index is 1.81. The monoisotopic (exact) mass is 272 g/mol. The second-order valence-corrected chi connectivity index (χ2v) is 4.79. The van der Waals surface area contributed by atoms with Crippen LogP contribution in [0, 0.1) is 0 Å². The summed E-state index contributed by atoms with van der Waals surface area (Å²) in [5, 5.41) is 10.1. The zero-order valence-electron chi connectivity index (χ0n) is 11.2. The number of rotatable bonds is 3. The maximum absolute atomic E-state index is 12.4. The molecule has 0 aromatic carbocycles. The lowest BCUT2D eigenvalue weighted by molar-refractivity contribution is 0.0928. The van der Waals surface area contributed by atoms with E-state index in [4.69, 9.17) is 4.74 Å². The van der Waals surface area contributed by atoms with Gasteiger partial charge in [-0.05, 0) is 37.0 Å². The van der Waals surface area contributed by atoms with E-state index in [1.54, 1.807) is 18.3 Å². The van der Waals surface area contributed by atoms with Crippen molar-refractivity contribution >= 4 is 5.91 Å². The van der Waals surface area contributed by atoms with Crippen molar-refractivity contribution in [3.05, 3.63) is 41.3 Å². The highest BCUT2D eigenvalue weighted by atomic mass is 16.5. The molecule has 1 aliphatic carbocycles. The number of H-pyrrole nitrogens is 1. The van der Waals surface area contributed by atoms with Crippen LogP contribution in [0.2, 0.25) is 0 Å². The molecule has 2 N–H and O–H groups in total. The van der Waals surface area contributed by atoms with Crippen LogP contribution < -0.4 is 10.1 Å². The van der Waals surface area contributed by atoms with E-state index in [1.807, 2.05) is 6.20 Å². The average molecular weight is 272 g/mol. The molecule has 6 nitrogen and oxygen atoms in total. The van der Waals surface area contributed by atoms with Crippen LogP contribution in [0.1, 0.15) is 40.5 Å². The number of aromatic nitrogens is 3. The van der Waals surface area contributed by atoms with Crippen molar-refractivity contribution in [3.8, 4) is 5.88 Å². The van der Waals surface area contributed by atoms with Gasteiger partial charge in [-0.25, -0.2) is 4.98 Å². The molecule has 104 valence electrons. The van der Waals surface area contributed by atoms with Crippen molar-refractivity contribution in [2.75, 3.05) is 7.11 Å². The molecule has 1 amide bonds. The van der Waals surface area contributed by atoms with Gasteiger partial charge in [0.25, 0.3) is 5.91 Å². The first-order valence-electron chi connectivity index (χ1n) is 6.61. The fraction of sp³-hybridized carbons (Fsp3) is 0.357. The van der Waals surface area contributed by atoms with Crippen molar-refractivity contribution in [2.24, 2.45) is 0 Å². The molecule has 2 heterocycles. The van der Waals surface area contributed by atoms with E-state index in [0.29, 0.717) is 11.4 Å². The molecule has 0 saturated carbocycles. The number of fused-ring (bicyclic) bond motifs is 1. The Kier molecular flexibility index (Phi) is 3.37. The van der Waals surface area contributed by atoms with E-state index < -0.39 is 0 Å². The molecule has 0 spiro atoms. The van der Waals surface area contributed by atoms with E-state index in [9.17, 15) is 4.79 Å². The van der Waals surface area contributed by atoms with Gasteiger partial charge in [0.1, 0.15) is 5.56 Å². The fourth-order valence-electron chi connectivity index (χ4n) is 2.57. The standard InChI is InChI=1S/C14H16N4O2/c1-20-14-10(5-3-7-15-14)13(19)17-11-6-2-4-9-8-16-18-12(9)11/h3,5,7-8,11H,2,4,6H2,1H3,(H,16,18)(H,17,19)/t11-/m1/s1. The smallest absolute Gasteiger partial charge is 0.257 e. The first-order chi connectivity index (χ1) is 9.79. The van der Waals surface area contributed by atoms with Gasteiger partial charge in [0.15, 0.2) is 0 Å². The average Bonchev–Trinajstić information content (AvgIpc) is 2.96. The molecule has 6 heteroatoms. The number of carbonyl (C=O) groups excluding carboxylic acids is 1. The quantitative estimate of drug-likeness (QED) is 0.889. The summed E-state index contributed by atoms with van der Waals surface area (Å²) >= 11 is 0. The minimum atomic E-state index is -0.178. The Bertz CT molecular complexity index is 623. The lowest BCUT2D eigenvalue weighted by Crippen LogP contribution is -2.31. The Morgan fingerprint density at radius 1 is 1.55 bits per heavy atom. The summed E-state index contributed by atoms with van der Waals surface area (Å²) in [5.41, 5.74) is 2.63. The van der Waals surface area contributed by atoms with Gasteiger partial charge >= 0.3 is 0 Å². The second kappa shape index (κ2) is 5.32. The molecule has 0 unspecified atom stereocenters. The van der Waals surface area contributed by atoms with Crippen LogP contribution in [-0.4, -0.2) is 28.2 Å². The SMILES string of the molecule is COc1ncccc1C(=O)N[C@@H]1CCCc2cn[nH]c21. The van der Waals surface area contributed by atoms with Crippen LogP contribution in [0.3, 0.4) is 0 Å². The molecule has 1 atom stereocenters. The third kappa shape index (κ3) is 2.24. The first kappa shape index (κ1) is 12.7. The van der Waals surface area contributed by atoms with Crippen LogP contribution in [-0.2, 0) is 6.42 Å². The number of nitrogens with zero attached hydrogens (tertiary/aromatic N) is 2. The first-order valence-corrected chi connectivity index (χ1v) is 6.61. The molecule has 0 fully saturated rings. The van der Waals surface area contributed by atoms with Gasteiger partial charge in [-0.15, -0.1) is 0 Å². The molecule has 20 heavy (non-hydrogen) atoms. The number of nitrogens with one attached hydrogen (secondary N) is 2. The predicted octanol–water partition coefficient (Wildman–Crippen LogP) is 1.62. The molecule has 0 aliphatic heterocycles. The van der Waals surface area contributed by atoms with Crippen LogP contribution in [0.5, 0.6) is 5.88 Å². The second-order valence-electron chi connectivity index (χ2n) is 4.79. The predicted molar refractivity (Wildman–Crippen MR) is 72.5 cm³/mol. The summed E-state index contributed by atoms with van der Waals surface area (Å²) in [6.45, 7) is 0. The summed E-state index contributed by atoms with van der Waals surface area (Å²) < 4.78 is 5.12. The van der Waals surface area contributed by atoms with Crippen molar-refractivity contribution in [2.45, 2.75) is 25.3 Å². The van der Waals surface area contributed by atoms with Gasteiger partial charge in [-0.2, -0.15) is 5.10 Å². The van der Waals surface area contributed by atoms with E-state index >= 15 is 0 Å². The van der Waals surface area contributed by atoms with E-state index in [0.717, 1.165) is 25.0 Å². The number of hydrogen-bond acceptors (Lipinski definition) is 4. The molecule has 2 aromatic rings. The van der Waals surface area contributed by atoms with Gasteiger partial charge < -0.3 is 10.1 Å². The Morgan fingerprint density at radius 2 is 2.45 bits per heavy atom. The van der Waals surface area contributed by atoms with Gasteiger partial charge in [0, 0.05) is 6.20 Å². The highest BCUT2D eigenvalue weighted by molar-refractivity contribution is 5.96. The summed E-state index contributed by atoms with van der Waals surface area (Å²) in [6, 6.07) is 3.40. The van der Waals surface area contributed by atoms with Crippen LogP contribution >= 0.6 is 0 Å². The van der Waals surface area contributed by atoms with Gasteiger partial charge in [-0.3, -0.25) is 9.89 Å². The van der Waals surface area contributed by atoms with Crippen LogP contribution in [0.25, 0.3) is 0 Å². The highest BCUT2D eigenvalue weighted by Crippen LogP contribution is 2.28. The maximum Gasteiger partial charge on any atom is 0.257 e. The van der Waals surface area contributed by atoms with Gasteiger partial charge in [0.05, 0.1) is 25.0 Å². The highest BCUT2D eigenvalue weighted by Gasteiger charge is 2.25. The van der Waals surface area contributed by atoms with Crippen molar-refractivity contribution in [1.82, 2.24) is 20.5 Å². The largest absolute Gasteiger partial charge is 0.480 e. The minimum Gasteiger partial charge on any atom is -0.480 e. The van der Waals surface area contributed by atoms with Crippen molar-refractivity contribution in [1.29, 1.82) is 0 Å². The third-order valence-electron chi connectivity index (χ3n) is 3.55. The van der Waals surface area contributed by atoms with E-state index in [1.165, 1.54) is 12.7 Å². The number of ether oxygens (including phenoxy) is 1. The zero-order valence-corrected chi connectivity index (χ0v) is 11.2. The molecular weight excluding hydrogens is 256 g/mol. The van der Waals surface area contributed by atoms with Crippen LogP contribution in [0.4, 0.5) is 0 Å². The lowest BCUT2D eigenvalue weighted by Gasteiger charge is -2.23. The number of methoxy groups -OCH3 is 1. The molecule has 2 aromatic heterocycles. The topological polar surface area (TPSA) is 79.9 Å². The Labute approximate surface area is 116 Å². The Hall–Kier alpha value is -2.37. The molecule has 0 radical (unpaired) electrons. The van der Waals surface area contributed by atoms with E-state index in [2.05, 4.69) is 20.5 Å². The molecule has 1 aliphatic rings. The van der Waals surface area contributed by atoms with Gasteiger partial charge in [0.2, 0.25) is 5.88 Å². The third-order valence-corrected chi connectivity index (χ3v) is 3.55. The number of aryl methyl sites for hydroxylation is 1. The number of aromatic amines is 1. The molecule has 0 bridgehead atoms. The van der Waals surface area contributed by atoms with Crippen LogP contribution in [0.15, 0.2) is 24.5 Å². The number of pyridine rings is 1. The summed E-state index contributed by atoms with van der Waals surface area (Å²) in [6.07, 6.45) is 6.39. The molecule has 3 rings (SSSR count). The normalized spacial score (nSPS) is 17.4. The fourth-order valence-corrected chi connectivity index (χ4v) is 2.57. The number of amides is 1. The molecular formula is C14H16N4O2. The minimum absolute atomic E-state index is 0.0290. The van der Waals surface area contributed by atoms with Crippen molar-refractivity contribution in [3.63, 3.8) is 0 Å². The summed E-state index contributed by atoms with van der Waals surface area (Å²) in [7, 11) is 1.51. The maximum atomic E-state index is 12.4. The lowest BCUT2D eigenvalue weighted by atomic mass is 9.93. The molecule has 0 saturated heterocycles. The van der Waals surface area contributed by atoms with Gasteiger partial charge in [-0.1, -0.05) is 0 Å². The van der Waals surface area contributed by atoms with Crippen molar-refractivity contribution < 1.29 is 9.53 Å². The summed E-state index contributed by atoms with van der Waals surface area (Å²) in [4.78, 5) is 16.4. The number of hydrogen-bond donors (Lipinski definition) is 2. The van der Waals surface area contributed by atoms with E-state index in [-0.39, 0.29) is 11.9 Å².